The van der Waals surface area contributed by atoms with Crippen LogP contribution >= 0.6 is 11.8 Å². The van der Waals surface area contributed by atoms with Gasteiger partial charge in [-0.1, -0.05) is 48.5 Å². The van der Waals surface area contributed by atoms with Crippen molar-refractivity contribution >= 4 is 35.6 Å². The smallest absolute Gasteiger partial charge is 0.407 e. The van der Waals surface area contributed by atoms with Crippen molar-refractivity contribution in [1.29, 1.82) is 0 Å². The van der Waals surface area contributed by atoms with Crippen LogP contribution in [-0.4, -0.2) is 64.7 Å². The zero-order chi connectivity index (χ0) is 24.2. The van der Waals surface area contributed by atoms with Gasteiger partial charge in [0.2, 0.25) is 5.91 Å². The average Bonchev–Trinajstić information content (AvgIpc) is 3.38. The van der Waals surface area contributed by atoms with Crippen molar-refractivity contribution in [1.82, 2.24) is 15.8 Å². The number of fused-ring (bicyclic) bond motifs is 3. The highest BCUT2D eigenvalue weighted by Gasteiger charge is 2.41. The molecule has 3 amide bonds. The van der Waals surface area contributed by atoms with Gasteiger partial charge in [-0.15, -0.1) is 0 Å². The van der Waals surface area contributed by atoms with Gasteiger partial charge in [-0.3, -0.25) is 15.0 Å². The molecule has 2 aromatic carbocycles. The van der Waals surface area contributed by atoms with Crippen molar-refractivity contribution < 1.29 is 29.0 Å². The molecule has 0 aromatic heterocycles. The number of nitrogens with zero attached hydrogens (tertiary/aromatic N) is 1. The number of alkyl carbamates (subject to hydrolysis) is 1. The number of aliphatic carboxylic acids is 1. The molecule has 34 heavy (non-hydrogen) atoms. The van der Waals surface area contributed by atoms with E-state index in [-0.39, 0.29) is 25.4 Å². The topological polar surface area (TPSA) is 125 Å². The number of hydrazine groups is 1. The number of carboxylic acid groups (broad SMARTS) is 1. The van der Waals surface area contributed by atoms with Crippen LogP contribution in [0.25, 0.3) is 11.1 Å². The van der Waals surface area contributed by atoms with Gasteiger partial charge in [0.15, 0.2) is 6.04 Å². The first kappa shape index (κ1) is 23.6. The van der Waals surface area contributed by atoms with Crippen LogP contribution in [0.15, 0.2) is 48.5 Å². The number of carboxylic acids is 1. The Morgan fingerprint density at radius 3 is 2.35 bits per heavy atom. The Balaban J connectivity index is 1.44. The highest BCUT2D eigenvalue weighted by molar-refractivity contribution is 7.98. The van der Waals surface area contributed by atoms with Crippen molar-refractivity contribution in [3.63, 3.8) is 0 Å². The summed E-state index contributed by atoms with van der Waals surface area (Å²) in [5, 5.41) is 12.7. The third-order valence-electron chi connectivity index (χ3n) is 6.00. The van der Waals surface area contributed by atoms with Gasteiger partial charge in [-0.2, -0.15) is 11.8 Å². The number of ether oxygens (including phenoxy) is 1. The summed E-state index contributed by atoms with van der Waals surface area (Å²) >= 11 is 1.48. The Morgan fingerprint density at radius 2 is 1.76 bits per heavy atom. The Bertz CT molecular complexity index is 1080. The van der Waals surface area contributed by atoms with E-state index in [0.717, 1.165) is 27.3 Å². The monoisotopic (exact) mass is 483 g/mol. The molecule has 0 bridgehead atoms. The van der Waals surface area contributed by atoms with E-state index in [9.17, 15) is 24.3 Å². The molecule has 1 unspecified atom stereocenters. The zero-order valence-electron chi connectivity index (χ0n) is 18.5. The molecular weight excluding hydrogens is 458 g/mol. The summed E-state index contributed by atoms with van der Waals surface area (Å²) in [6.45, 7) is 0.0848. The number of carbonyl (C=O) groups is 4. The van der Waals surface area contributed by atoms with Crippen LogP contribution < -0.4 is 10.7 Å². The molecule has 4 rings (SSSR count). The number of thioether (sulfide) groups is 1. The summed E-state index contributed by atoms with van der Waals surface area (Å²) in [6.07, 6.45) is 0.996. The fourth-order valence-electron chi connectivity index (χ4n) is 4.37. The number of amides is 3. The SMILES string of the molecule is CSCC[C@@H](NC(=O)OCC1c2ccccc2-c2ccccc21)C(=O)N1NC(=O)CC1C(=O)O. The van der Waals surface area contributed by atoms with Crippen LogP contribution in [-0.2, 0) is 19.1 Å². The Labute approximate surface area is 200 Å². The predicted octanol–water partition coefficient (Wildman–Crippen LogP) is 2.36. The summed E-state index contributed by atoms with van der Waals surface area (Å²) in [5.74, 6) is -2.14. The summed E-state index contributed by atoms with van der Waals surface area (Å²) in [5.41, 5.74) is 6.61. The number of hydrogen-bond acceptors (Lipinski definition) is 6. The van der Waals surface area contributed by atoms with Gasteiger partial charge in [0, 0.05) is 5.92 Å². The van der Waals surface area contributed by atoms with E-state index in [1.54, 1.807) is 0 Å². The fraction of sp³-hybridized carbons (Fsp3) is 0.333. The lowest BCUT2D eigenvalue weighted by molar-refractivity contribution is -0.151. The maximum atomic E-state index is 13.0. The van der Waals surface area contributed by atoms with E-state index in [4.69, 9.17) is 4.74 Å². The number of nitrogens with one attached hydrogen (secondary N) is 2. The van der Waals surface area contributed by atoms with E-state index in [2.05, 4.69) is 10.7 Å². The maximum Gasteiger partial charge on any atom is 0.407 e. The molecule has 1 fully saturated rings. The van der Waals surface area contributed by atoms with Crippen LogP contribution in [0.2, 0.25) is 0 Å². The highest BCUT2D eigenvalue weighted by atomic mass is 32.2. The molecule has 1 heterocycles. The summed E-state index contributed by atoms with van der Waals surface area (Å²) in [7, 11) is 0. The minimum atomic E-state index is -1.32. The van der Waals surface area contributed by atoms with Gasteiger partial charge >= 0.3 is 12.1 Å². The normalized spacial score (nSPS) is 17.5. The van der Waals surface area contributed by atoms with Crippen LogP contribution in [0.5, 0.6) is 0 Å². The van der Waals surface area contributed by atoms with E-state index >= 15 is 0 Å². The second-order valence-corrected chi connectivity index (χ2v) is 9.09. The van der Waals surface area contributed by atoms with Gasteiger partial charge < -0.3 is 15.2 Å². The fourth-order valence-corrected chi connectivity index (χ4v) is 4.85. The third-order valence-corrected chi connectivity index (χ3v) is 6.65. The molecular formula is C24H25N3O6S. The van der Waals surface area contributed by atoms with Gasteiger partial charge in [-0.05, 0) is 40.7 Å². The Morgan fingerprint density at radius 1 is 1.15 bits per heavy atom. The largest absolute Gasteiger partial charge is 0.480 e. The average molecular weight is 484 g/mol. The minimum absolute atomic E-state index is 0.0848. The molecule has 10 heteroatoms. The predicted molar refractivity (Wildman–Crippen MR) is 126 cm³/mol. The van der Waals surface area contributed by atoms with Crippen molar-refractivity contribution in [2.45, 2.75) is 30.8 Å². The first-order valence-corrected chi connectivity index (χ1v) is 12.3. The van der Waals surface area contributed by atoms with Gasteiger partial charge in [-0.25, -0.2) is 14.6 Å². The number of hydrogen-bond donors (Lipinski definition) is 3. The molecule has 0 spiro atoms. The summed E-state index contributed by atoms with van der Waals surface area (Å²) in [4.78, 5) is 48.9. The lowest BCUT2D eigenvalue weighted by atomic mass is 9.98. The Kier molecular flexibility index (Phi) is 7.06. The van der Waals surface area contributed by atoms with E-state index < -0.39 is 36.0 Å². The molecule has 1 saturated heterocycles. The number of carbonyl (C=O) groups excluding carboxylic acids is 3. The van der Waals surface area contributed by atoms with Crippen molar-refractivity contribution in [3.05, 3.63) is 59.7 Å². The van der Waals surface area contributed by atoms with Gasteiger partial charge in [0.05, 0.1) is 6.42 Å². The quantitative estimate of drug-likeness (QED) is 0.526. The van der Waals surface area contributed by atoms with E-state index in [0.29, 0.717) is 5.75 Å². The maximum absolute atomic E-state index is 13.0. The number of rotatable bonds is 8. The van der Waals surface area contributed by atoms with Crippen LogP contribution in [0, 0.1) is 0 Å². The summed E-state index contributed by atoms with van der Waals surface area (Å²) < 4.78 is 5.53. The van der Waals surface area contributed by atoms with Crippen LogP contribution in [0.3, 0.4) is 0 Å². The van der Waals surface area contributed by atoms with Crippen LogP contribution in [0.1, 0.15) is 29.9 Å². The van der Waals surface area contributed by atoms with Gasteiger partial charge in [0.25, 0.3) is 5.91 Å². The third kappa shape index (κ3) is 4.72. The second-order valence-electron chi connectivity index (χ2n) is 8.11. The highest BCUT2D eigenvalue weighted by Crippen LogP contribution is 2.44. The first-order chi connectivity index (χ1) is 16.4. The summed E-state index contributed by atoms with van der Waals surface area (Å²) in [6, 6.07) is 13.6. The molecule has 1 aliphatic carbocycles. The lowest BCUT2D eigenvalue weighted by Gasteiger charge is -2.26. The van der Waals surface area contributed by atoms with E-state index in [1.807, 2.05) is 54.8 Å². The molecule has 0 saturated carbocycles. The molecule has 178 valence electrons. The van der Waals surface area contributed by atoms with E-state index in [1.165, 1.54) is 11.8 Å². The molecule has 2 aliphatic rings. The second kappa shape index (κ2) is 10.2. The molecule has 9 nitrogen and oxygen atoms in total. The molecule has 2 atom stereocenters. The molecule has 2 aromatic rings. The van der Waals surface area contributed by atoms with Crippen molar-refractivity contribution in [3.8, 4) is 11.1 Å². The Hall–Kier alpha value is -3.53. The van der Waals surface area contributed by atoms with Gasteiger partial charge in [0.1, 0.15) is 12.6 Å². The lowest BCUT2D eigenvalue weighted by Crippen LogP contribution is -2.55. The molecule has 1 aliphatic heterocycles. The molecule has 0 radical (unpaired) electrons. The number of benzene rings is 2. The zero-order valence-corrected chi connectivity index (χ0v) is 19.3. The van der Waals surface area contributed by atoms with Crippen molar-refractivity contribution in [2.24, 2.45) is 0 Å². The first-order valence-electron chi connectivity index (χ1n) is 10.9. The minimum Gasteiger partial charge on any atom is -0.480 e. The molecule has 3 N–H and O–H groups in total. The van der Waals surface area contributed by atoms with Crippen molar-refractivity contribution in [2.75, 3.05) is 18.6 Å². The van der Waals surface area contributed by atoms with Crippen LogP contribution in [0.4, 0.5) is 4.79 Å². The standard InChI is InChI=1S/C24H25N3O6S/c1-34-11-10-19(22(29)27-20(23(30)31)12-21(28)26-27)25-24(32)33-13-18-16-8-4-2-6-14(16)15-7-3-5-9-17(15)18/h2-9,18-20H,10-13H2,1H3,(H,25,32)(H,26,28)(H,30,31)/t19-,20?/m1/s1.